The predicted molar refractivity (Wildman–Crippen MR) is 74.1 cm³/mol. The van der Waals surface area contributed by atoms with Crippen molar-refractivity contribution in [3.8, 4) is 0 Å². The summed E-state index contributed by atoms with van der Waals surface area (Å²) in [6.45, 7) is 0.690. The number of halogens is 1. The summed E-state index contributed by atoms with van der Waals surface area (Å²) in [5, 5.41) is 14.1. The van der Waals surface area contributed by atoms with Gasteiger partial charge in [-0.15, -0.1) is 0 Å². The molecule has 1 N–H and O–H groups in total. The highest BCUT2D eigenvalue weighted by molar-refractivity contribution is 7.90. The van der Waals surface area contributed by atoms with Gasteiger partial charge in [0.2, 0.25) is 0 Å². The molecule has 8 heteroatoms. The van der Waals surface area contributed by atoms with E-state index >= 15 is 0 Å². The van der Waals surface area contributed by atoms with Crippen molar-refractivity contribution >= 4 is 27.1 Å². The minimum atomic E-state index is -2.97. The van der Waals surface area contributed by atoms with Crippen LogP contribution in [0.1, 0.15) is 12.0 Å². The van der Waals surface area contributed by atoms with Gasteiger partial charge in [0.15, 0.2) is 0 Å². The quantitative estimate of drug-likeness (QED) is 0.471. The average Bonchev–Trinajstić information content (AvgIpc) is 2.28. The monoisotopic (exact) mass is 306 g/mol. The smallest absolute Gasteiger partial charge is 0.275 e. The van der Waals surface area contributed by atoms with E-state index in [0.29, 0.717) is 23.6 Å². The van der Waals surface area contributed by atoms with Crippen molar-refractivity contribution < 1.29 is 13.3 Å². The molecule has 1 rings (SSSR count). The Balaban J connectivity index is 2.56. The zero-order valence-electron chi connectivity index (χ0n) is 10.4. The van der Waals surface area contributed by atoms with Gasteiger partial charge in [0.25, 0.3) is 5.69 Å². The van der Waals surface area contributed by atoms with Gasteiger partial charge >= 0.3 is 0 Å². The van der Waals surface area contributed by atoms with Crippen molar-refractivity contribution in [3.05, 3.63) is 38.9 Å². The fourth-order valence-corrected chi connectivity index (χ4v) is 2.47. The lowest BCUT2D eigenvalue weighted by molar-refractivity contribution is -0.385. The number of rotatable bonds is 7. The molecule has 0 fully saturated rings. The summed E-state index contributed by atoms with van der Waals surface area (Å²) in [4.78, 5) is 10.3. The topological polar surface area (TPSA) is 89.3 Å². The summed E-state index contributed by atoms with van der Waals surface area (Å²) >= 11 is 5.92. The van der Waals surface area contributed by atoms with Crippen molar-refractivity contribution in [2.24, 2.45) is 0 Å². The molecule has 0 heterocycles. The maximum atomic E-state index is 10.9. The van der Waals surface area contributed by atoms with Crippen LogP contribution in [-0.4, -0.2) is 31.9 Å². The number of sulfone groups is 1. The first kappa shape index (κ1) is 15.9. The Morgan fingerprint density at radius 2 is 2.11 bits per heavy atom. The van der Waals surface area contributed by atoms with Crippen LogP contribution < -0.4 is 5.32 Å². The van der Waals surface area contributed by atoms with Crippen molar-refractivity contribution in [1.29, 1.82) is 0 Å². The molecule has 0 aliphatic heterocycles. The van der Waals surface area contributed by atoms with Crippen LogP contribution in [0.4, 0.5) is 5.69 Å². The highest BCUT2D eigenvalue weighted by atomic mass is 35.5. The molecule has 106 valence electrons. The minimum absolute atomic E-state index is 0.0388. The number of hydrogen-bond donors (Lipinski definition) is 1. The molecule has 0 unspecified atom stereocenters. The van der Waals surface area contributed by atoms with Gasteiger partial charge in [-0.05, 0) is 19.0 Å². The van der Waals surface area contributed by atoms with E-state index in [1.165, 1.54) is 18.4 Å². The third-order valence-electron chi connectivity index (χ3n) is 2.46. The van der Waals surface area contributed by atoms with E-state index in [1.807, 2.05) is 0 Å². The lowest BCUT2D eigenvalue weighted by Gasteiger charge is -2.07. The number of hydrogen-bond acceptors (Lipinski definition) is 5. The number of nitro groups is 1. The third-order valence-corrected chi connectivity index (χ3v) is 3.85. The molecule has 0 amide bonds. The van der Waals surface area contributed by atoms with Gasteiger partial charge in [-0.2, -0.15) is 0 Å². The molecule has 0 bridgehead atoms. The van der Waals surface area contributed by atoms with Crippen molar-refractivity contribution in [2.45, 2.75) is 13.0 Å². The van der Waals surface area contributed by atoms with Crippen LogP contribution in [0.15, 0.2) is 18.2 Å². The lowest BCUT2D eigenvalue weighted by atomic mass is 10.2. The van der Waals surface area contributed by atoms with Crippen molar-refractivity contribution in [2.75, 3.05) is 18.6 Å². The van der Waals surface area contributed by atoms with Crippen LogP contribution in [0.2, 0.25) is 5.02 Å². The summed E-state index contributed by atoms with van der Waals surface area (Å²) in [6.07, 6.45) is 1.63. The van der Waals surface area contributed by atoms with Gasteiger partial charge in [0, 0.05) is 18.9 Å². The van der Waals surface area contributed by atoms with Gasteiger partial charge in [-0.1, -0.05) is 17.7 Å². The zero-order valence-corrected chi connectivity index (χ0v) is 12.0. The van der Waals surface area contributed by atoms with Gasteiger partial charge in [-0.3, -0.25) is 10.1 Å². The van der Waals surface area contributed by atoms with Gasteiger partial charge < -0.3 is 5.32 Å². The molecule has 0 saturated heterocycles. The first-order valence-electron chi connectivity index (χ1n) is 5.61. The largest absolute Gasteiger partial charge is 0.312 e. The van der Waals surface area contributed by atoms with E-state index in [1.54, 1.807) is 6.07 Å². The molecular formula is C11H15ClN2O4S. The van der Waals surface area contributed by atoms with E-state index in [0.717, 1.165) is 0 Å². The standard InChI is InChI=1S/C11H15ClN2O4S/c1-19(17,18)7-3-6-13-8-9-10(12)4-2-5-11(9)14(15)16/h2,4-5,13H,3,6-8H2,1H3. The molecule has 0 atom stereocenters. The zero-order chi connectivity index (χ0) is 14.5. The van der Waals surface area contributed by atoms with Gasteiger partial charge in [0.05, 0.1) is 21.3 Å². The molecule has 0 aliphatic rings. The van der Waals surface area contributed by atoms with E-state index in [-0.39, 0.29) is 18.0 Å². The second kappa shape index (κ2) is 6.83. The molecular weight excluding hydrogens is 292 g/mol. The molecule has 0 aromatic heterocycles. The molecule has 19 heavy (non-hydrogen) atoms. The van der Waals surface area contributed by atoms with E-state index < -0.39 is 14.8 Å². The minimum Gasteiger partial charge on any atom is -0.312 e. The first-order valence-corrected chi connectivity index (χ1v) is 8.05. The Labute approximate surface area is 116 Å². The number of nitrogens with one attached hydrogen (secondary N) is 1. The van der Waals surface area contributed by atoms with Crippen LogP contribution in [0, 0.1) is 10.1 Å². The summed E-state index contributed by atoms with van der Waals surface area (Å²) in [6, 6.07) is 4.50. The summed E-state index contributed by atoms with van der Waals surface area (Å²) < 4.78 is 21.8. The number of nitrogens with zero attached hydrogens (tertiary/aromatic N) is 1. The predicted octanol–water partition coefficient (Wildman–Crippen LogP) is 1.77. The summed E-state index contributed by atoms with van der Waals surface area (Å²) in [5.41, 5.74) is 0.372. The van der Waals surface area contributed by atoms with Crippen LogP contribution in [0.5, 0.6) is 0 Å². The van der Waals surface area contributed by atoms with E-state index in [9.17, 15) is 18.5 Å². The summed E-state index contributed by atoms with van der Waals surface area (Å²) in [5.74, 6) is 0.0879. The Morgan fingerprint density at radius 3 is 2.68 bits per heavy atom. The second-order valence-corrected chi connectivity index (χ2v) is 6.82. The van der Waals surface area contributed by atoms with Crippen LogP contribution in [0.25, 0.3) is 0 Å². The fraction of sp³-hybridized carbons (Fsp3) is 0.455. The molecule has 0 aliphatic carbocycles. The molecule has 0 spiro atoms. The molecule has 6 nitrogen and oxygen atoms in total. The van der Waals surface area contributed by atoms with Crippen molar-refractivity contribution in [3.63, 3.8) is 0 Å². The molecule has 1 aromatic rings. The van der Waals surface area contributed by atoms with Gasteiger partial charge in [-0.25, -0.2) is 8.42 Å². The SMILES string of the molecule is CS(=O)(=O)CCCNCc1c(Cl)cccc1[N+](=O)[O-]. The number of benzene rings is 1. The van der Waals surface area contributed by atoms with E-state index in [4.69, 9.17) is 11.6 Å². The number of nitro benzene ring substituents is 1. The first-order chi connectivity index (χ1) is 8.81. The van der Waals surface area contributed by atoms with Gasteiger partial charge in [0.1, 0.15) is 9.84 Å². The van der Waals surface area contributed by atoms with Crippen LogP contribution in [0.3, 0.4) is 0 Å². The fourth-order valence-electron chi connectivity index (χ4n) is 1.57. The third kappa shape index (κ3) is 5.54. The Hall–Kier alpha value is -1.18. The van der Waals surface area contributed by atoms with Crippen LogP contribution in [-0.2, 0) is 16.4 Å². The second-order valence-electron chi connectivity index (χ2n) is 4.15. The average molecular weight is 307 g/mol. The molecule has 0 saturated carbocycles. The molecule has 1 aromatic carbocycles. The van der Waals surface area contributed by atoms with Crippen molar-refractivity contribution in [1.82, 2.24) is 5.32 Å². The Bertz CT molecular complexity index is 560. The van der Waals surface area contributed by atoms with E-state index in [2.05, 4.69) is 5.32 Å². The summed E-state index contributed by atoms with van der Waals surface area (Å²) in [7, 11) is -2.97. The maximum Gasteiger partial charge on any atom is 0.275 e. The maximum absolute atomic E-state index is 10.9. The van der Waals surface area contributed by atoms with Crippen LogP contribution >= 0.6 is 11.6 Å². The normalized spacial score (nSPS) is 11.5. The lowest BCUT2D eigenvalue weighted by Crippen LogP contribution is -2.18. The highest BCUT2D eigenvalue weighted by Gasteiger charge is 2.15. The Morgan fingerprint density at radius 1 is 1.42 bits per heavy atom. The molecule has 0 radical (unpaired) electrons. The highest BCUT2D eigenvalue weighted by Crippen LogP contribution is 2.25. The Kier molecular flexibility index (Phi) is 5.71.